The Hall–Kier alpha value is -2.60. The highest BCUT2D eigenvalue weighted by molar-refractivity contribution is 5.89. The van der Waals surface area contributed by atoms with Crippen LogP contribution in [-0.4, -0.2) is 54.1 Å². The van der Waals surface area contributed by atoms with Crippen molar-refractivity contribution in [3.05, 3.63) is 54.4 Å². The van der Waals surface area contributed by atoms with Crippen molar-refractivity contribution in [2.24, 2.45) is 0 Å². The van der Waals surface area contributed by atoms with Crippen molar-refractivity contribution in [2.45, 2.75) is 6.54 Å². The molecule has 1 aromatic heterocycles. The molecule has 0 bridgehead atoms. The largest absolute Gasteiger partial charge is 0.497 e. The number of hydrogen-bond acceptors (Lipinski definition) is 4. The first-order chi connectivity index (χ1) is 11.7. The summed E-state index contributed by atoms with van der Waals surface area (Å²) in [6, 6.07) is 11.3. The second kappa shape index (κ2) is 7.79. The van der Waals surface area contributed by atoms with Gasteiger partial charge < -0.3 is 15.0 Å². The minimum atomic E-state index is -0.0544. The number of methoxy groups -OCH3 is 1. The third kappa shape index (κ3) is 4.23. The Kier molecular flexibility index (Phi) is 5.28. The Balaban J connectivity index is 1.47. The van der Waals surface area contributed by atoms with E-state index in [0.29, 0.717) is 0 Å². The average Bonchev–Trinajstić information content (AvgIpc) is 2.64. The van der Waals surface area contributed by atoms with E-state index in [-0.39, 0.29) is 6.03 Å². The van der Waals surface area contributed by atoms with Gasteiger partial charge in [0.25, 0.3) is 0 Å². The van der Waals surface area contributed by atoms with Gasteiger partial charge in [0, 0.05) is 50.8 Å². The van der Waals surface area contributed by atoms with E-state index in [1.165, 1.54) is 5.56 Å². The molecular formula is C18H22N4O2. The van der Waals surface area contributed by atoms with Crippen LogP contribution in [0.25, 0.3) is 0 Å². The van der Waals surface area contributed by atoms with Gasteiger partial charge in [-0.1, -0.05) is 6.07 Å². The standard InChI is InChI=1S/C18H22N4O2/c1-24-17-6-4-16(5-7-17)20-18(23)22-11-9-21(10-12-22)14-15-3-2-8-19-13-15/h2-8,13H,9-12,14H2,1H3,(H,20,23). The van der Waals surface area contributed by atoms with E-state index in [4.69, 9.17) is 4.74 Å². The minimum absolute atomic E-state index is 0.0544. The number of carbonyl (C=O) groups is 1. The van der Waals surface area contributed by atoms with Gasteiger partial charge in [0.1, 0.15) is 5.75 Å². The molecule has 3 rings (SSSR count). The fraction of sp³-hybridized carbons (Fsp3) is 0.333. The number of hydrogen-bond donors (Lipinski definition) is 1. The van der Waals surface area contributed by atoms with Crippen LogP contribution < -0.4 is 10.1 Å². The molecule has 1 aliphatic rings. The fourth-order valence-electron chi connectivity index (χ4n) is 2.74. The summed E-state index contributed by atoms with van der Waals surface area (Å²) in [4.78, 5) is 20.7. The van der Waals surface area contributed by atoms with Crippen molar-refractivity contribution in [1.29, 1.82) is 0 Å². The van der Waals surface area contributed by atoms with E-state index in [0.717, 1.165) is 44.2 Å². The normalized spacial score (nSPS) is 15.1. The summed E-state index contributed by atoms with van der Waals surface area (Å²) in [5, 5.41) is 2.93. The lowest BCUT2D eigenvalue weighted by Gasteiger charge is -2.34. The second-order valence-electron chi connectivity index (χ2n) is 5.78. The van der Waals surface area contributed by atoms with E-state index in [1.807, 2.05) is 41.4 Å². The van der Waals surface area contributed by atoms with Crippen molar-refractivity contribution in [1.82, 2.24) is 14.8 Å². The summed E-state index contributed by atoms with van der Waals surface area (Å²) in [5.74, 6) is 0.775. The predicted octanol–water partition coefficient (Wildman–Crippen LogP) is 2.44. The fourth-order valence-corrected chi connectivity index (χ4v) is 2.74. The maximum atomic E-state index is 12.3. The molecule has 0 aliphatic carbocycles. The molecule has 126 valence electrons. The van der Waals surface area contributed by atoms with Crippen molar-refractivity contribution in [3.63, 3.8) is 0 Å². The van der Waals surface area contributed by atoms with E-state index < -0.39 is 0 Å². The number of aromatic nitrogens is 1. The topological polar surface area (TPSA) is 57.7 Å². The Morgan fingerprint density at radius 1 is 1.17 bits per heavy atom. The highest BCUT2D eigenvalue weighted by Crippen LogP contribution is 2.16. The molecule has 0 spiro atoms. The Morgan fingerprint density at radius 3 is 2.54 bits per heavy atom. The summed E-state index contributed by atoms with van der Waals surface area (Å²) in [6.45, 7) is 4.06. The van der Waals surface area contributed by atoms with E-state index in [1.54, 1.807) is 13.3 Å². The highest BCUT2D eigenvalue weighted by atomic mass is 16.5. The van der Waals surface area contributed by atoms with Gasteiger partial charge in [0.15, 0.2) is 0 Å². The molecule has 6 nitrogen and oxygen atoms in total. The van der Waals surface area contributed by atoms with Crippen molar-refractivity contribution < 1.29 is 9.53 Å². The molecule has 1 aromatic carbocycles. The molecule has 1 fully saturated rings. The van der Waals surface area contributed by atoms with Gasteiger partial charge in [-0.05, 0) is 35.9 Å². The van der Waals surface area contributed by atoms with Crippen molar-refractivity contribution >= 4 is 11.7 Å². The van der Waals surface area contributed by atoms with Gasteiger partial charge in [0.2, 0.25) is 0 Å². The van der Waals surface area contributed by atoms with Gasteiger partial charge >= 0.3 is 6.03 Å². The lowest BCUT2D eigenvalue weighted by molar-refractivity contribution is 0.143. The van der Waals surface area contributed by atoms with Gasteiger partial charge in [0.05, 0.1) is 7.11 Å². The molecule has 1 N–H and O–H groups in total. The minimum Gasteiger partial charge on any atom is -0.497 e. The van der Waals surface area contributed by atoms with Crippen molar-refractivity contribution in [3.8, 4) is 5.75 Å². The molecule has 2 amide bonds. The van der Waals surface area contributed by atoms with Crippen LogP contribution in [0.2, 0.25) is 0 Å². The number of amides is 2. The third-order valence-corrected chi connectivity index (χ3v) is 4.13. The van der Waals surface area contributed by atoms with Gasteiger partial charge in [-0.3, -0.25) is 9.88 Å². The molecule has 0 radical (unpaired) electrons. The first-order valence-corrected chi connectivity index (χ1v) is 8.06. The number of anilines is 1. The maximum Gasteiger partial charge on any atom is 0.321 e. The Labute approximate surface area is 142 Å². The molecule has 2 heterocycles. The van der Waals surface area contributed by atoms with E-state index >= 15 is 0 Å². The smallest absolute Gasteiger partial charge is 0.321 e. The van der Waals surface area contributed by atoms with E-state index in [9.17, 15) is 4.79 Å². The summed E-state index contributed by atoms with van der Waals surface area (Å²) in [5.41, 5.74) is 1.98. The summed E-state index contributed by atoms with van der Waals surface area (Å²) >= 11 is 0. The first-order valence-electron chi connectivity index (χ1n) is 8.06. The number of nitrogens with one attached hydrogen (secondary N) is 1. The highest BCUT2D eigenvalue weighted by Gasteiger charge is 2.21. The number of piperazine rings is 1. The Morgan fingerprint density at radius 2 is 1.92 bits per heavy atom. The van der Waals surface area contributed by atoms with Crippen LogP contribution in [0.1, 0.15) is 5.56 Å². The zero-order chi connectivity index (χ0) is 16.8. The third-order valence-electron chi connectivity index (χ3n) is 4.13. The van der Waals surface area contributed by atoms with Gasteiger partial charge in [-0.25, -0.2) is 4.79 Å². The zero-order valence-corrected chi connectivity index (χ0v) is 13.8. The second-order valence-corrected chi connectivity index (χ2v) is 5.78. The van der Waals surface area contributed by atoms with Crippen molar-refractivity contribution in [2.75, 3.05) is 38.6 Å². The summed E-state index contributed by atoms with van der Waals surface area (Å²) in [6.07, 6.45) is 3.67. The monoisotopic (exact) mass is 326 g/mol. The van der Waals surface area contributed by atoms with Crippen LogP contribution in [0.3, 0.4) is 0 Å². The van der Waals surface area contributed by atoms with Crippen LogP contribution in [0.5, 0.6) is 5.75 Å². The van der Waals surface area contributed by atoms with Gasteiger partial charge in [-0.2, -0.15) is 0 Å². The lowest BCUT2D eigenvalue weighted by Crippen LogP contribution is -2.49. The quantitative estimate of drug-likeness (QED) is 0.937. The predicted molar refractivity (Wildman–Crippen MR) is 93.1 cm³/mol. The van der Waals surface area contributed by atoms with Crippen LogP contribution in [0.15, 0.2) is 48.8 Å². The number of urea groups is 1. The number of benzene rings is 1. The van der Waals surface area contributed by atoms with Crippen LogP contribution in [-0.2, 0) is 6.54 Å². The molecule has 1 saturated heterocycles. The first kappa shape index (κ1) is 16.3. The maximum absolute atomic E-state index is 12.3. The molecule has 0 saturated carbocycles. The average molecular weight is 326 g/mol. The Bertz CT molecular complexity index is 652. The van der Waals surface area contributed by atoms with E-state index in [2.05, 4.69) is 21.3 Å². The SMILES string of the molecule is COc1ccc(NC(=O)N2CCN(Cc3cccnc3)CC2)cc1. The number of carbonyl (C=O) groups excluding carboxylic acids is 1. The lowest BCUT2D eigenvalue weighted by atomic mass is 10.2. The van der Waals surface area contributed by atoms with Crippen LogP contribution in [0, 0.1) is 0 Å². The number of nitrogens with zero attached hydrogens (tertiary/aromatic N) is 3. The molecule has 1 aliphatic heterocycles. The summed E-state index contributed by atoms with van der Waals surface area (Å²) < 4.78 is 5.12. The molecule has 0 unspecified atom stereocenters. The molecule has 6 heteroatoms. The summed E-state index contributed by atoms with van der Waals surface area (Å²) in [7, 11) is 1.62. The molecular weight excluding hydrogens is 304 g/mol. The number of ether oxygens (including phenoxy) is 1. The van der Waals surface area contributed by atoms with Gasteiger partial charge in [-0.15, -0.1) is 0 Å². The number of pyridine rings is 1. The molecule has 2 aromatic rings. The number of rotatable bonds is 4. The molecule has 24 heavy (non-hydrogen) atoms. The molecule has 0 atom stereocenters. The zero-order valence-electron chi connectivity index (χ0n) is 13.8. The van der Waals surface area contributed by atoms with Crippen LogP contribution in [0.4, 0.5) is 10.5 Å². The van der Waals surface area contributed by atoms with Crippen LogP contribution >= 0.6 is 0 Å².